The van der Waals surface area contributed by atoms with Crippen LogP contribution in [-0.2, 0) is 19.2 Å². The molecule has 154 valence electrons. The molecular formula is C18H32N4O5. The molecule has 1 aliphatic heterocycles. The molecule has 1 fully saturated rings. The summed E-state index contributed by atoms with van der Waals surface area (Å²) < 4.78 is 0. The molecule has 27 heavy (non-hydrogen) atoms. The summed E-state index contributed by atoms with van der Waals surface area (Å²) in [6, 6.07) is -2.19. The number of rotatable bonds is 10. The van der Waals surface area contributed by atoms with Crippen molar-refractivity contribution in [1.29, 1.82) is 0 Å². The predicted octanol–water partition coefficient (Wildman–Crippen LogP) is -0.389. The molecule has 4 unspecified atom stereocenters. The van der Waals surface area contributed by atoms with Gasteiger partial charge < -0.3 is 26.4 Å². The maximum atomic E-state index is 12.6. The van der Waals surface area contributed by atoms with E-state index in [9.17, 15) is 24.3 Å². The minimum absolute atomic E-state index is 0.192. The van der Waals surface area contributed by atoms with Gasteiger partial charge in [0.25, 0.3) is 0 Å². The van der Waals surface area contributed by atoms with Crippen LogP contribution in [0, 0.1) is 11.8 Å². The van der Waals surface area contributed by atoms with Gasteiger partial charge in [-0.05, 0) is 31.2 Å². The van der Waals surface area contributed by atoms with Gasteiger partial charge in [-0.3, -0.25) is 14.4 Å². The second kappa shape index (κ2) is 10.9. The Labute approximate surface area is 160 Å². The number of amides is 3. The molecule has 0 aromatic rings. The van der Waals surface area contributed by atoms with E-state index in [-0.39, 0.29) is 30.3 Å². The monoisotopic (exact) mass is 384 g/mol. The third kappa shape index (κ3) is 7.16. The average Bonchev–Trinajstić information content (AvgIpc) is 3.15. The molecule has 9 heteroatoms. The van der Waals surface area contributed by atoms with Gasteiger partial charge in [-0.15, -0.1) is 0 Å². The topological polar surface area (TPSA) is 137 Å². The molecule has 1 aliphatic rings. The molecule has 1 heterocycles. The van der Waals surface area contributed by atoms with Crippen LogP contribution in [0.25, 0.3) is 0 Å². The highest BCUT2D eigenvalue weighted by atomic mass is 16.4. The van der Waals surface area contributed by atoms with Crippen molar-refractivity contribution in [3.05, 3.63) is 0 Å². The van der Waals surface area contributed by atoms with E-state index in [2.05, 4.69) is 21.3 Å². The van der Waals surface area contributed by atoms with Gasteiger partial charge in [0.15, 0.2) is 0 Å². The maximum Gasteiger partial charge on any atom is 0.326 e. The molecule has 0 aromatic heterocycles. The first-order valence-corrected chi connectivity index (χ1v) is 9.51. The number of carbonyl (C=O) groups is 4. The van der Waals surface area contributed by atoms with E-state index in [1.54, 1.807) is 20.8 Å². The summed E-state index contributed by atoms with van der Waals surface area (Å²) >= 11 is 0. The summed E-state index contributed by atoms with van der Waals surface area (Å²) in [6.07, 6.45) is 2.27. The summed E-state index contributed by atoms with van der Waals surface area (Å²) in [6.45, 7) is 7.62. The van der Waals surface area contributed by atoms with Gasteiger partial charge in [0.05, 0.1) is 12.6 Å². The zero-order valence-electron chi connectivity index (χ0n) is 16.5. The van der Waals surface area contributed by atoms with Crippen LogP contribution < -0.4 is 21.3 Å². The average molecular weight is 384 g/mol. The number of carboxylic acids is 1. The van der Waals surface area contributed by atoms with E-state index < -0.39 is 29.9 Å². The Morgan fingerprint density at radius 2 is 1.78 bits per heavy atom. The Morgan fingerprint density at radius 1 is 1.11 bits per heavy atom. The van der Waals surface area contributed by atoms with E-state index in [1.807, 2.05) is 6.92 Å². The Morgan fingerprint density at radius 3 is 2.26 bits per heavy atom. The van der Waals surface area contributed by atoms with Crippen molar-refractivity contribution in [2.45, 2.75) is 65.1 Å². The molecule has 1 saturated heterocycles. The normalized spacial score (nSPS) is 19.8. The fourth-order valence-electron chi connectivity index (χ4n) is 2.88. The van der Waals surface area contributed by atoms with Crippen molar-refractivity contribution in [2.75, 3.05) is 13.1 Å². The number of nitrogens with one attached hydrogen (secondary N) is 4. The Balaban J connectivity index is 2.64. The Hall–Kier alpha value is -2.16. The molecule has 4 atom stereocenters. The third-order valence-electron chi connectivity index (χ3n) is 4.84. The van der Waals surface area contributed by atoms with Crippen molar-refractivity contribution in [2.24, 2.45) is 11.8 Å². The summed E-state index contributed by atoms with van der Waals surface area (Å²) in [7, 11) is 0. The lowest BCUT2D eigenvalue weighted by Crippen LogP contribution is -2.56. The summed E-state index contributed by atoms with van der Waals surface area (Å²) in [5, 5.41) is 20.0. The largest absolute Gasteiger partial charge is 0.480 e. The lowest BCUT2D eigenvalue weighted by Gasteiger charge is -2.26. The zero-order chi connectivity index (χ0) is 20.6. The second-order valence-electron chi connectivity index (χ2n) is 7.37. The Bertz CT molecular complexity index is 546. The van der Waals surface area contributed by atoms with Gasteiger partial charge in [-0.2, -0.15) is 0 Å². The van der Waals surface area contributed by atoms with Crippen LogP contribution in [-0.4, -0.2) is 60.0 Å². The highest BCUT2D eigenvalue weighted by Crippen LogP contribution is 2.10. The molecule has 9 nitrogen and oxygen atoms in total. The van der Waals surface area contributed by atoms with Gasteiger partial charge in [0.2, 0.25) is 17.7 Å². The predicted molar refractivity (Wildman–Crippen MR) is 99.8 cm³/mol. The van der Waals surface area contributed by atoms with Crippen molar-refractivity contribution in [3.8, 4) is 0 Å². The van der Waals surface area contributed by atoms with Gasteiger partial charge in [-0.25, -0.2) is 4.79 Å². The lowest BCUT2D eigenvalue weighted by molar-refractivity contribution is -0.143. The highest BCUT2D eigenvalue weighted by Gasteiger charge is 2.31. The van der Waals surface area contributed by atoms with Crippen LogP contribution in [0.15, 0.2) is 0 Å². The van der Waals surface area contributed by atoms with Crippen molar-refractivity contribution >= 4 is 23.7 Å². The van der Waals surface area contributed by atoms with Gasteiger partial charge in [-0.1, -0.05) is 34.1 Å². The van der Waals surface area contributed by atoms with Gasteiger partial charge >= 0.3 is 5.97 Å². The van der Waals surface area contributed by atoms with E-state index >= 15 is 0 Å². The molecule has 0 bridgehead atoms. The van der Waals surface area contributed by atoms with Gasteiger partial charge in [0, 0.05) is 0 Å². The molecule has 0 radical (unpaired) electrons. The number of hydrogen-bond donors (Lipinski definition) is 5. The summed E-state index contributed by atoms with van der Waals surface area (Å²) in [5.41, 5.74) is 0. The molecule has 0 saturated carbocycles. The smallest absolute Gasteiger partial charge is 0.326 e. The van der Waals surface area contributed by atoms with E-state index in [0.29, 0.717) is 6.42 Å². The first-order valence-electron chi connectivity index (χ1n) is 9.51. The fourth-order valence-corrected chi connectivity index (χ4v) is 2.88. The van der Waals surface area contributed by atoms with Crippen LogP contribution in [0.3, 0.4) is 0 Å². The first kappa shape index (κ1) is 22.9. The van der Waals surface area contributed by atoms with Crippen LogP contribution in [0.4, 0.5) is 0 Å². The van der Waals surface area contributed by atoms with E-state index in [0.717, 1.165) is 19.4 Å². The van der Waals surface area contributed by atoms with E-state index in [1.165, 1.54) is 0 Å². The van der Waals surface area contributed by atoms with Gasteiger partial charge in [0.1, 0.15) is 12.1 Å². The number of aliphatic carboxylic acids is 1. The Kier molecular flexibility index (Phi) is 9.20. The molecule has 0 aliphatic carbocycles. The summed E-state index contributed by atoms with van der Waals surface area (Å²) in [5.74, 6) is -2.87. The second-order valence-corrected chi connectivity index (χ2v) is 7.37. The minimum Gasteiger partial charge on any atom is -0.480 e. The number of carbonyl (C=O) groups excluding carboxylic acids is 3. The van der Waals surface area contributed by atoms with Crippen molar-refractivity contribution in [3.63, 3.8) is 0 Å². The number of carboxylic acid groups (broad SMARTS) is 1. The SMILES string of the molecule is CCC(C)C(NC(=O)CNC(=O)C1CCCN1)C(=O)NC(C(=O)O)C(C)C. The van der Waals surface area contributed by atoms with Crippen LogP contribution in [0.2, 0.25) is 0 Å². The lowest BCUT2D eigenvalue weighted by atomic mass is 9.96. The van der Waals surface area contributed by atoms with Crippen molar-refractivity contribution in [1.82, 2.24) is 21.3 Å². The standard InChI is InChI=1S/C18H32N4O5/c1-5-11(4)15(17(25)22-14(10(2)3)18(26)27)21-13(23)9-20-16(24)12-7-6-8-19-12/h10-12,14-15,19H,5-9H2,1-4H3,(H,20,24)(H,21,23)(H,22,25)(H,26,27). The minimum atomic E-state index is -1.12. The third-order valence-corrected chi connectivity index (χ3v) is 4.84. The van der Waals surface area contributed by atoms with E-state index in [4.69, 9.17) is 0 Å². The first-order chi connectivity index (χ1) is 12.7. The maximum absolute atomic E-state index is 12.6. The molecule has 3 amide bonds. The highest BCUT2D eigenvalue weighted by molar-refractivity contribution is 5.92. The fraction of sp³-hybridized carbons (Fsp3) is 0.778. The summed E-state index contributed by atoms with van der Waals surface area (Å²) in [4.78, 5) is 48.0. The number of hydrogen-bond acceptors (Lipinski definition) is 5. The van der Waals surface area contributed by atoms with Crippen LogP contribution >= 0.6 is 0 Å². The van der Waals surface area contributed by atoms with Crippen molar-refractivity contribution < 1.29 is 24.3 Å². The molecule has 0 spiro atoms. The molecular weight excluding hydrogens is 352 g/mol. The van der Waals surface area contributed by atoms with Crippen LogP contribution in [0.5, 0.6) is 0 Å². The quantitative estimate of drug-likeness (QED) is 0.348. The molecule has 5 N–H and O–H groups in total. The van der Waals surface area contributed by atoms with Crippen LogP contribution in [0.1, 0.15) is 47.0 Å². The molecule has 0 aromatic carbocycles. The zero-order valence-corrected chi connectivity index (χ0v) is 16.5. The molecule has 1 rings (SSSR count).